The van der Waals surface area contributed by atoms with Gasteiger partial charge in [-0.25, -0.2) is 8.42 Å². The number of carbonyl (C=O) groups is 1. The normalized spacial score (nSPS) is 13.9. The Balaban J connectivity index is 2.15. The highest BCUT2D eigenvalue weighted by atomic mass is 32.2. The van der Waals surface area contributed by atoms with Crippen molar-refractivity contribution in [2.75, 3.05) is 21.9 Å². The smallest absolute Gasteiger partial charge is 0.235 e. The highest BCUT2D eigenvalue weighted by molar-refractivity contribution is 7.92. The first-order valence-corrected chi connectivity index (χ1v) is 10.0. The molecule has 0 fully saturated rings. The minimum Gasteiger partial charge on any atom is -0.326 e. The number of benzene rings is 1. The fourth-order valence-electron chi connectivity index (χ4n) is 2.71. The molecule has 0 aliphatic carbocycles. The van der Waals surface area contributed by atoms with Gasteiger partial charge in [-0.3, -0.25) is 9.10 Å². The number of anilines is 2. The van der Waals surface area contributed by atoms with Gasteiger partial charge in [0.25, 0.3) is 0 Å². The minimum absolute atomic E-state index is 0.0230. The van der Waals surface area contributed by atoms with Crippen molar-refractivity contribution >= 4 is 27.3 Å². The van der Waals surface area contributed by atoms with E-state index in [0.717, 1.165) is 36.9 Å². The van der Waals surface area contributed by atoms with Crippen molar-refractivity contribution in [3.8, 4) is 0 Å². The van der Waals surface area contributed by atoms with Crippen molar-refractivity contribution in [2.24, 2.45) is 0 Å². The summed E-state index contributed by atoms with van der Waals surface area (Å²) in [5, 5.41) is 2.86. The van der Waals surface area contributed by atoms with Crippen molar-refractivity contribution in [1.82, 2.24) is 0 Å². The third-order valence-corrected chi connectivity index (χ3v) is 5.93. The lowest BCUT2D eigenvalue weighted by molar-refractivity contribution is -0.116. The maximum absolute atomic E-state index is 12.5. The van der Waals surface area contributed by atoms with Gasteiger partial charge in [-0.1, -0.05) is 32.8 Å². The Morgan fingerprint density at radius 3 is 2.65 bits per heavy atom. The van der Waals surface area contributed by atoms with Crippen molar-refractivity contribution < 1.29 is 13.2 Å². The molecule has 1 heterocycles. The maximum Gasteiger partial charge on any atom is 0.235 e. The summed E-state index contributed by atoms with van der Waals surface area (Å²) in [7, 11) is -3.27. The summed E-state index contributed by atoms with van der Waals surface area (Å²) >= 11 is 0. The number of nitrogens with one attached hydrogen (secondary N) is 1. The maximum atomic E-state index is 12.5. The highest BCUT2D eigenvalue weighted by Gasteiger charge is 2.29. The average Bonchev–Trinajstić information content (AvgIpc) is 2.95. The van der Waals surface area contributed by atoms with Crippen LogP contribution in [0.1, 0.15) is 51.5 Å². The second-order valence-corrected chi connectivity index (χ2v) is 8.00. The average molecular weight is 338 g/mol. The lowest BCUT2D eigenvalue weighted by atomic mass is 10.1. The summed E-state index contributed by atoms with van der Waals surface area (Å²) in [6.07, 6.45) is 4.57. The minimum atomic E-state index is -3.27. The Morgan fingerprint density at radius 1 is 1.22 bits per heavy atom. The molecule has 1 N–H and O–H groups in total. The number of hydrogen-bond donors (Lipinski definition) is 1. The number of unbranched alkanes of at least 4 members (excludes halogenated alkanes) is 2. The van der Waals surface area contributed by atoms with E-state index in [1.807, 2.05) is 26.0 Å². The predicted octanol–water partition coefficient (Wildman–Crippen LogP) is 3.31. The van der Waals surface area contributed by atoms with Gasteiger partial charge >= 0.3 is 0 Å². The molecule has 5 nitrogen and oxygen atoms in total. The summed E-state index contributed by atoms with van der Waals surface area (Å²) < 4.78 is 26.4. The van der Waals surface area contributed by atoms with Gasteiger partial charge in [0.2, 0.25) is 15.9 Å². The van der Waals surface area contributed by atoms with Crippen molar-refractivity contribution in [3.05, 3.63) is 23.8 Å². The van der Waals surface area contributed by atoms with E-state index in [-0.39, 0.29) is 11.7 Å². The van der Waals surface area contributed by atoms with Gasteiger partial charge in [0.05, 0.1) is 11.4 Å². The van der Waals surface area contributed by atoms with Gasteiger partial charge in [-0.05, 0) is 37.0 Å². The van der Waals surface area contributed by atoms with Crippen LogP contribution in [0.25, 0.3) is 0 Å². The molecular formula is C17H26N2O3S. The zero-order valence-corrected chi connectivity index (χ0v) is 14.8. The number of fused-ring (bicyclic) bond motifs is 1. The fourth-order valence-corrected chi connectivity index (χ4v) is 4.43. The van der Waals surface area contributed by atoms with Crippen LogP contribution < -0.4 is 9.62 Å². The number of carbonyl (C=O) groups excluding carboxylic acids is 1. The van der Waals surface area contributed by atoms with E-state index >= 15 is 0 Å². The molecular weight excluding hydrogens is 312 g/mol. The number of sulfonamides is 1. The molecule has 0 saturated heterocycles. The molecule has 0 unspecified atom stereocenters. The fraction of sp³-hybridized carbons (Fsp3) is 0.588. The van der Waals surface area contributed by atoms with Crippen LogP contribution in [0.4, 0.5) is 11.4 Å². The first-order valence-electron chi connectivity index (χ1n) is 8.41. The molecule has 0 saturated carbocycles. The zero-order valence-electron chi connectivity index (χ0n) is 14.0. The molecule has 0 radical (unpaired) electrons. The molecule has 1 amide bonds. The van der Waals surface area contributed by atoms with E-state index in [4.69, 9.17) is 0 Å². The first kappa shape index (κ1) is 17.8. The standard InChI is InChI=1S/C17H26N2O3S/c1-3-5-7-17(20)18-15-9-8-14-10-11-19(16(14)13-15)23(21,22)12-6-4-2/h8-9,13H,3-7,10-12H2,1-2H3,(H,18,20). The molecule has 0 aromatic heterocycles. The predicted molar refractivity (Wildman–Crippen MR) is 94.3 cm³/mol. The SMILES string of the molecule is CCCCC(=O)Nc1ccc2c(c1)N(S(=O)(=O)CCCC)CC2. The molecule has 0 spiro atoms. The van der Waals surface area contributed by atoms with E-state index in [9.17, 15) is 13.2 Å². The van der Waals surface area contributed by atoms with Crippen LogP contribution in [0.2, 0.25) is 0 Å². The molecule has 128 valence electrons. The van der Waals surface area contributed by atoms with Crippen LogP contribution in [-0.2, 0) is 21.2 Å². The highest BCUT2D eigenvalue weighted by Crippen LogP contribution is 2.33. The van der Waals surface area contributed by atoms with Gasteiger partial charge in [0, 0.05) is 18.7 Å². The van der Waals surface area contributed by atoms with Crippen LogP contribution in [0.5, 0.6) is 0 Å². The van der Waals surface area contributed by atoms with E-state index in [1.165, 1.54) is 4.31 Å². The van der Waals surface area contributed by atoms with Crippen LogP contribution in [0.3, 0.4) is 0 Å². The second-order valence-electron chi connectivity index (χ2n) is 5.99. The Morgan fingerprint density at radius 2 is 1.96 bits per heavy atom. The zero-order chi connectivity index (χ0) is 16.9. The topological polar surface area (TPSA) is 66.5 Å². The van der Waals surface area contributed by atoms with Gasteiger partial charge in [0.1, 0.15) is 0 Å². The van der Waals surface area contributed by atoms with Gasteiger partial charge < -0.3 is 5.32 Å². The first-order chi connectivity index (χ1) is 11.0. The van der Waals surface area contributed by atoms with E-state index < -0.39 is 10.0 Å². The Kier molecular flexibility index (Phi) is 6.04. The molecule has 1 aliphatic rings. The Labute approximate surface area is 139 Å². The van der Waals surface area contributed by atoms with Crippen molar-refractivity contribution in [1.29, 1.82) is 0 Å². The molecule has 1 aromatic rings. The third-order valence-electron chi connectivity index (χ3n) is 4.07. The largest absolute Gasteiger partial charge is 0.326 e. The van der Waals surface area contributed by atoms with E-state index in [0.29, 0.717) is 25.1 Å². The number of rotatable bonds is 8. The summed E-state index contributed by atoms with van der Waals surface area (Å²) in [5.41, 5.74) is 2.41. The monoisotopic (exact) mass is 338 g/mol. The number of nitrogens with zero attached hydrogens (tertiary/aromatic N) is 1. The lowest BCUT2D eigenvalue weighted by Gasteiger charge is -2.20. The van der Waals surface area contributed by atoms with Crippen molar-refractivity contribution in [2.45, 2.75) is 52.4 Å². The van der Waals surface area contributed by atoms with Crippen LogP contribution in [-0.4, -0.2) is 26.6 Å². The quantitative estimate of drug-likeness (QED) is 0.791. The molecule has 0 atom stereocenters. The lowest BCUT2D eigenvalue weighted by Crippen LogP contribution is -2.31. The second kappa shape index (κ2) is 7.81. The van der Waals surface area contributed by atoms with Gasteiger partial charge in [0.15, 0.2) is 0 Å². The molecule has 2 rings (SSSR count). The molecule has 23 heavy (non-hydrogen) atoms. The van der Waals surface area contributed by atoms with E-state index in [2.05, 4.69) is 5.32 Å². The van der Waals surface area contributed by atoms with Gasteiger partial charge in [-0.2, -0.15) is 0 Å². The molecule has 6 heteroatoms. The summed E-state index contributed by atoms with van der Waals surface area (Å²) in [5.74, 6) is 0.154. The summed E-state index contributed by atoms with van der Waals surface area (Å²) in [6.45, 7) is 4.52. The molecule has 0 bridgehead atoms. The van der Waals surface area contributed by atoms with E-state index in [1.54, 1.807) is 6.07 Å². The Bertz CT molecular complexity index is 656. The number of hydrogen-bond acceptors (Lipinski definition) is 3. The molecule has 1 aliphatic heterocycles. The Hall–Kier alpha value is -1.56. The number of amides is 1. The summed E-state index contributed by atoms with van der Waals surface area (Å²) in [6, 6.07) is 5.56. The van der Waals surface area contributed by atoms with Crippen LogP contribution in [0, 0.1) is 0 Å². The molecule has 1 aromatic carbocycles. The third kappa shape index (κ3) is 4.47. The van der Waals surface area contributed by atoms with Gasteiger partial charge in [-0.15, -0.1) is 0 Å². The van der Waals surface area contributed by atoms with Crippen LogP contribution >= 0.6 is 0 Å². The van der Waals surface area contributed by atoms with Crippen molar-refractivity contribution in [3.63, 3.8) is 0 Å². The van der Waals surface area contributed by atoms with Crippen LogP contribution in [0.15, 0.2) is 18.2 Å². The summed E-state index contributed by atoms with van der Waals surface area (Å²) in [4.78, 5) is 11.8.